The summed E-state index contributed by atoms with van der Waals surface area (Å²) < 4.78 is 14.8. The summed E-state index contributed by atoms with van der Waals surface area (Å²) in [5.74, 6) is -1.71. The molecule has 0 saturated carbocycles. The van der Waals surface area contributed by atoms with Gasteiger partial charge in [-0.25, -0.2) is 4.39 Å². The van der Waals surface area contributed by atoms with Crippen molar-refractivity contribution < 1.29 is 19.1 Å². The van der Waals surface area contributed by atoms with Crippen LogP contribution in [0.3, 0.4) is 0 Å². The summed E-state index contributed by atoms with van der Waals surface area (Å²) in [5.41, 5.74) is 3.56. The first-order valence-electron chi connectivity index (χ1n) is 8.01. The van der Waals surface area contributed by atoms with Crippen molar-refractivity contribution in [3.8, 4) is 0 Å². The molecule has 1 N–H and O–H groups in total. The molecule has 1 amide bonds. The van der Waals surface area contributed by atoms with E-state index in [-0.39, 0.29) is 31.2 Å². The Morgan fingerprint density at radius 2 is 1.88 bits per heavy atom. The molecule has 0 aliphatic carbocycles. The molecule has 0 aliphatic heterocycles. The lowest BCUT2D eigenvalue weighted by molar-refractivity contribution is -0.144. The Morgan fingerprint density at radius 1 is 1.24 bits per heavy atom. The standard InChI is InChI=1S/C18H22FN3O3/c1-12-16(13(2)21(3)20-12)8-9-17(23)22(11-18(24)25)10-14-4-6-15(19)7-5-14/h4-7H,8-11H2,1-3H3,(H,24,25). The molecule has 6 nitrogen and oxygen atoms in total. The number of aliphatic carboxylic acids is 1. The summed E-state index contributed by atoms with van der Waals surface area (Å²) in [6, 6.07) is 5.68. The molecule has 0 atom stereocenters. The molecule has 134 valence electrons. The normalized spacial score (nSPS) is 10.7. The first-order chi connectivity index (χ1) is 11.8. The van der Waals surface area contributed by atoms with Gasteiger partial charge in [0.15, 0.2) is 0 Å². The average Bonchev–Trinajstić information content (AvgIpc) is 2.79. The summed E-state index contributed by atoms with van der Waals surface area (Å²) in [4.78, 5) is 24.9. The van der Waals surface area contributed by atoms with Gasteiger partial charge in [0.2, 0.25) is 5.91 Å². The summed E-state index contributed by atoms with van der Waals surface area (Å²) in [5, 5.41) is 13.4. The average molecular weight is 347 g/mol. The molecule has 2 rings (SSSR count). The Balaban J connectivity index is 2.07. The number of amides is 1. The van der Waals surface area contributed by atoms with Crippen molar-refractivity contribution in [1.82, 2.24) is 14.7 Å². The highest BCUT2D eigenvalue weighted by atomic mass is 19.1. The lowest BCUT2D eigenvalue weighted by atomic mass is 10.1. The van der Waals surface area contributed by atoms with Crippen LogP contribution in [0.15, 0.2) is 24.3 Å². The third-order valence-electron chi connectivity index (χ3n) is 4.21. The number of carboxylic acid groups (broad SMARTS) is 1. The fourth-order valence-corrected chi connectivity index (χ4v) is 2.78. The van der Waals surface area contributed by atoms with Crippen LogP contribution >= 0.6 is 0 Å². The van der Waals surface area contributed by atoms with E-state index in [4.69, 9.17) is 5.11 Å². The van der Waals surface area contributed by atoms with E-state index in [0.717, 1.165) is 17.0 Å². The van der Waals surface area contributed by atoms with Crippen LogP contribution < -0.4 is 0 Å². The molecule has 0 fully saturated rings. The third-order valence-corrected chi connectivity index (χ3v) is 4.21. The number of hydrogen-bond donors (Lipinski definition) is 1. The zero-order valence-electron chi connectivity index (χ0n) is 14.6. The fraction of sp³-hybridized carbons (Fsp3) is 0.389. The van der Waals surface area contributed by atoms with Gasteiger partial charge in [-0.15, -0.1) is 0 Å². The van der Waals surface area contributed by atoms with Crippen LogP contribution in [0.4, 0.5) is 4.39 Å². The Morgan fingerprint density at radius 3 is 2.40 bits per heavy atom. The number of aromatic nitrogens is 2. The third kappa shape index (κ3) is 4.89. The van der Waals surface area contributed by atoms with Crippen molar-refractivity contribution in [1.29, 1.82) is 0 Å². The minimum absolute atomic E-state index is 0.135. The van der Waals surface area contributed by atoms with Crippen molar-refractivity contribution in [2.24, 2.45) is 7.05 Å². The number of rotatable bonds is 7. The number of halogens is 1. The number of carbonyl (C=O) groups is 2. The van der Waals surface area contributed by atoms with Gasteiger partial charge in [-0.2, -0.15) is 5.10 Å². The highest BCUT2D eigenvalue weighted by Crippen LogP contribution is 2.15. The molecule has 1 heterocycles. The number of nitrogens with zero attached hydrogens (tertiary/aromatic N) is 3. The van der Waals surface area contributed by atoms with Crippen molar-refractivity contribution >= 4 is 11.9 Å². The Hall–Kier alpha value is -2.70. The monoisotopic (exact) mass is 347 g/mol. The van der Waals surface area contributed by atoms with Gasteiger partial charge in [0, 0.05) is 25.7 Å². The zero-order chi connectivity index (χ0) is 18.6. The van der Waals surface area contributed by atoms with Crippen LogP contribution in [0.1, 0.15) is 28.9 Å². The second-order valence-electron chi connectivity index (χ2n) is 6.04. The largest absolute Gasteiger partial charge is 0.480 e. The first kappa shape index (κ1) is 18.6. The van der Waals surface area contributed by atoms with Crippen LogP contribution in [0, 0.1) is 19.7 Å². The van der Waals surface area contributed by atoms with E-state index in [1.54, 1.807) is 16.8 Å². The maximum Gasteiger partial charge on any atom is 0.323 e. The quantitative estimate of drug-likeness (QED) is 0.833. The molecule has 1 aromatic heterocycles. The predicted octanol–water partition coefficient (Wildman–Crippen LogP) is 2.22. The maximum absolute atomic E-state index is 13.0. The number of benzene rings is 1. The summed E-state index contributed by atoms with van der Waals surface area (Å²) in [7, 11) is 1.85. The Bertz CT molecular complexity index is 769. The van der Waals surface area contributed by atoms with Gasteiger partial charge in [0.05, 0.1) is 5.69 Å². The van der Waals surface area contributed by atoms with E-state index in [9.17, 15) is 14.0 Å². The van der Waals surface area contributed by atoms with Gasteiger partial charge >= 0.3 is 5.97 Å². The fourth-order valence-electron chi connectivity index (χ4n) is 2.78. The van der Waals surface area contributed by atoms with Gasteiger partial charge in [-0.1, -0.05) is 12.1 Å². The summed E-state index contributed by atoms with van der Waals surface area (Å²) in [6.45, 7) is 3.57. The van der Waals surface area contributed by atoms with Crippen LogP contribution in [0.2, 0.25) is 0 Å². The smallest absolute Gasteiger partial charge is 0.323 e. The Labute approximate surface area is 145 Å². The lowest BCUT2D eigenvalue weighted by Gasteiger charge is -2.21. The minimum atomic E-state index is -1.08. The SMILES string of the molecule is Cc1nn(C)c(C)c1CCC(=O)N(CC(=O)O)Cc1ccc(F)cc1. The second-order valence-corrected chi connectivity index (χ2v) is 6.04. The lowest BCUT2D eigenvalue weighted by Crippen LogP contribution is -2.35. The number of hydrogen-bond acceptors (Lipinski definition) is 3. The number of carbonyl (C=O) groups excluding carboxylic acids is 1. The highest BCUT2D eigenvalue weighted by molar-refractivity contribution is 5.81. The molecule has 0 aliphatic rings. The Kier molecular flexibility index (Phi) is 5.90. The minimum Gasteiger partial charge on any atom is -0.480 e. The van der Waals surface area contributed by atoms with Crippen molar-refractivity contribution in [3.05, 3.63) is 52.6 Å². The summed E-state index contributed by atoms with van der Waals surface area (Å²) >= 11 is 0. The second kappa shape index (κ2) is 7.92. The molecule has 2 aromatic rings. The molecule has 0 spiro atoms. The molecule has 1 aromatic carbocycles. The van der Waals surface area contributed by atoms with E-state index < -0.39 is 5.97 Å². The van der Waals surface area contributed by atoms with E-state index in [1.165, 1.54) is 17.0 Å². The molecular formula is C18H22FN3O3. The zero-order valence-corrected chi connectivity index (χ0v) is 14.6. The van der Waals surface area contributed by atoms with Gasteiger partial charge in [-0.05, 0) is 43.5 Å². The van der Waals surface area contributed by atoms with Gasteiger partial charge < -0.3 is 10.0 Å². The number of carboxylic acids is 1. The van der Waals surface area contributed by atoms with Crippen molar-refractivity contribution in [2.45, 2.75) is 33.2 Å². The van der Waals surface area contributed by atoms with E-state index in [1.807, 2.05) is 20.9 Å². The predicted molar refractivity (Wildman–Crippen MR) is 90.5 cm³/mol. The summed E-state index contributed by atoms with van der Waals surface area (Å²) in [6.07, 6.45) is 0.700. The molecular weight excluding hydrogens is 325 g/mol. The van der Waals surface area contributed by atoms with Crippen LogP contribution in [0.25, 0.3) is 0 Å². The van der Waals surface area contributed by atoms with E-state index in [0.29, 0.717) is 12.0 Å². The first-order valence-corrected chi connectivity index (χ1v) is 8.01. The van der Waals surface area contributed by atoms with Gasteiger partial charge in [0.25, 0.3) is 0 Å². The molecule has 7 heteroatoms. The molecule has 0 saturated heterocycles. The highest BCUT2D eigenvalue weighted by Gasteiger charge is 2.19. The maximum atomic E-state index is 13.0. The topological polar surface area (TPSA) is 75.4 Å². The van der Waals surface area contributed by atoms with E-state index >= 15 is 0 Å². The molecule has 0 bridgehead atoms. The van der Waals surface area contributed by atoms with Crippen molar-refractivity contribution in [2.75, 3.05) is 6.54 Å². The van der Waals surface area contributed by atoms with Crippen molar-refractivity contribution in [3.63, 3.8) is 0 Å². The van der Waals surface area contributed by atoms with Gasteiger partial charge in [0.1, 0.15) is 12.4 Å². The van der Waals surface area contributed by atoms with Crippen LogP contribution in [0.5, 0.6) is 0 Å². The molecule has 0 unspecified atom stereocenters. The van der Waals surface area contributed by atoms with Crippen LogP contribution in [-0.2, 0) is 29.6 Å². The van der Waals surface area contributed by atoms with Gasteiger partial charge in [-0.3, -0.25) is 14.3 Å². The van der Waals surface area contributed by atoms with Crippen LogP contribution in [-0.4, -0.2) is 38.2 Å². The number of aryl methyl sites for hydroxylation is 2. The van der Waals surface area contributed by atoms with E-state index in [2.05, 4.69) is 5.10 Å². The molecule has 0 radical (unpaired) electrons. The molecule has 25 heavy (non-hydrogen) atoms.